The van der Waals surface area contributed by atoms with Crippen LogP contribution in [0.4, 0.5) is 11.4 Å². The van der Waals surface area contributed by atoms with Gasteiger partial charge in [0.25, 0.3) is 5.69 Å². The Bertz CT molecular complexity index is 722. The summed E-state index contributed by atoms with van der Waals surface area (Å²) in [6.07, 6.45) is 2.78. The summed E-state index contributed by atoms with van der Waals surface area (Å²) in [6.45, 7) is 1.80. The predicted molar refractivity (Wildman–Crippen MR) is 79.2 cm³/mol. The summed E-state index contributed by atoms with van der Waals surface area (Å²) in [7, 11) is 0. The number of hydrogen-bond acceptors (Lipinski definition) is 4. The van der Waals surface area contributed by atoms with Gasteiger partial charge >= 0.3 is 0 Å². The van der Waals surface area contributed by atoms with Crippen molar-refractivity contribution in [3.05, 3.63) is 63.1 Å². The Morgan fingerprint density at radius 3 is 2.76 bits per heavy atom. The molecule has 1 N–H and O–H groups in total. The number of amides is 1. The van der Waals surface area contributed by atoms with E-state index in [-0.39, 0.29) is 16.4 Å². The van der Waals surface area contributed by atoms with Crippen LogP contribution in [0, 0.1) is 17.0 Å². The molecule has 1 aromatic carbocycles. The van der Waals surface area contributed by atoms with Gasteiger partial charge in [-0.15, -0.1) is 0 Å². The van der Waals surface area contributed by atoms with Crippen LogP contribution >= 0.6 is 11.6 Å². The van der Waals surface area contributed by atoms with Gasteiger partial charge in [0.1, 0.15) is 16.5 Å². The number of carbonyl (C=O) groups is 1. The maximum Gasteiger partial charge on any atom is 0.289 e. The van der Waals surface area contributed by atoms with Crippen LogP contribution in [0.5, 0.6) is 0 Å². The Morgan fingerprint density at radius 1 is 1.38 bits per heavy atom. The van der Waals surface area contributed by atoms with E-state index in [4.69, 9.17) is 16.0 Å². The van der Waals surface area contributed by atoms with E-state index >= 15 is 0 Å². The smallest absolute Gasteiger partial charge is 0.289 e. The first kappa shape index (κ1) is 14.8. The van der Waals surface area contributed by atoms with Gasteiger partial charge in [-0.1, -0.05) is 11.6 Å². The van der Waals surface area contributed by atoms with Crippen LogP contribution in [-0.4, -0.2) is 10.8 Å². The summed E-state index contributed by atoms with van der Waals surface area (Å²) in [5, 5.41) is 13.3. The lowest BCUT2D eigenvalue weighted by Crippen LogP contribution is -2.07. The summed E-state index contributed by atoms with van der Waals surface area (Å²) in [6, 6.07) is 7.55. The molecule has 0 aliphatic heterocycles. The third-order valence-electron chi connectivity index (χ3n) is 2.57. The Kier molecular flexibility index (Phi) is 4.39. The number of nitro groups is 1. The topological polar surface area (TPSA) is 85.4 Å². The molecule has 0 radical (unpaired) electrons. The molecular weight excluding hydrogens is 296 g/mol. The number of halogens is 1. The number of nitrogens with one attached hydrogen (secondary N) is 1. The van der Waals surface area contributed by atoms with Crippen LogP contribution in [0.3, 0.4) is 0 Å². The van der Waals surface area contributed by atoms with Crippen molar-refractivity contribution in [2.24, 2.45) is 0 Å². The highest BCUT2D eigenvalue weighted by Gasteiger charge is 2.13. The lowest BCUT2D eigenvalue weighted by molar-refractivity contribution is -0.384. The maximum atomic E-state index is 11.7. The van der Waals surface area contributed by atoms with Gasteiger partial charge in [0.2, 0.25) is 5.91 Å². The third-order valence-corrected chi connectivity index (χ3v) is 2.89. The molecule has 1 aromatic heterocycles. The molecule has 0 saturated heterocycles. The van der Waals surface area contributed by atoms with Crippen molar-refractivity contribution in [2.75, 3.05) is 5.32 Å². The van der Waals surface area contributed by atoms with E-state index in [2.05, 4.69) is 5.32 Å². The quantitative estimate of drug-likeness (QED) is 0.529. The van der Waals surface area contributed by atoms with Crippen molar-refractivity contribution in [1.29, 1.82) is 0 Å². The number of anilines is 1. The first-order valence-corrected chi connectivity index (χ1v) is 6.33. The summed E-state index contributed by atoms with van der Waals surface area (Å²) >= 11 is 5.69. The van der Waals surface area contributed by atoms with E-state index in [0.717, 1.165) is 5.76 Å². The number of hydrogen-bond donors (Lipinski definition) is 1. The van der Waals surface area contributed by atoms with Gasteiger partial charge in [-0.3, -0.25) is 14.9 Å². The van der Waals surface area contributed by atoms with Gasteiger partial charge in [-0.2, -0.15) is 0 Å². The van der Waals surface area contributed by atoms with Crippen LogP contribution in [0.1, 0.15) is 11.5 Å². The Balaban J connectivity index is 2.07. The number of benzene rings is 1. The number of carbonyl (C=O) groups excluding carboxylic acids is 1. The molecule has 2 aromatic rings. The molecule has 0 fully saturated rings. The summed E-state index contributed by atoms with van der Waals surface area (Å²) in [5.41, 5.74) is 0.0245. The van der Waals surface area contributed by atoms with Gasteiger partial charge in [-0.05, 0) is 37.3 Å². The minimum absolute atomic E-state index is 0.0135. The van der Waals surface area contributed by atoms with Crippen molar-refractivity contribution in [1.82, 2.24) is 0 Å². The van der Waals surface area contributed by atoms with E-state index in [1.165, 1.54) is 30.4 Å². The normalized spacial score (nSPS) is 10.8. The van der Waals surface area contributed by atoms with Gasteiger partial charge in [-0.25, -0.2) is 0 Å². The van der Waals surface area contributed by atoms with Gasteiger partial charge in [0.05, 0.1) is 4.92 Å². The molecule has 0 saturated carbocycles. The molecular formula is C14H11ClN2O4. The number of furan rings is 1. The van der Waals surface area contributed by atoms with Crippen molar-refractivity contribution in [3.8, 4) is 0 Å². The van der Waals surface area contributed by atoms with E-state index in [1.807, 2.05) is 0 Å². The van der Waals surface area contributed by atoms with Crippen molar-refractivity contribution >= 4 is 35.0 Å². The fraction of sp³-hybridized carbons (Fsp3) is 0.0714. The lowest BCUT2D eigenvalue weighted by atomic mass is 10.2. The monoisotopic (exact) mass is 306 g/mol. The van der Waals surface area contributed by atoms with Crippen molar-refractivity contribution in [2.45, 2.75) is 6.92 Å². The summed E-state index contributed by atoms with van der Waals surface area (Å²) < 4.78 is 5.28. The largest absolute Gasteiger partial charge is 0.462 e. The highest BCUT2D eigenvalue weighted by molar-refractivity contribution is 6.32. The molecule has 0 bridgehead atoms. The summed E-state index contributed by atoms with van der Waals surface area (Å²) in [5.74, 6) is 0.855. The average Bonchev–Trinajstić information content (AvgIpc) is 2.84. The highest BCUT2D eigenvalue weighted by Crippen LogP contribution is 2.27. The molecule has 0 atom stereocenters. The molecule has 0 spiro atoms. The molecule has 0 aliphatic carbocycles. The second kappa shape index (κ2) is 6.23. The van der Waals surface area contributed by atoms with Crippen LogP contribution in [0.25, 0.3) is 6.08 Å². The molecule has 2 rings (SSSR count). The zero-order valence-corrected chi connectivity index (χ0v) is 11.8. The summed E-state index contributed by atoms with van der Waals surface area (Å²) in [4.78, 5) is 21.9. The predicted octanol–water partition coefficient (Wildman–Crippen LogP) is 3.80. The van der Waals surface area contributed by atoms with E-state index in [1.54, 1.807) is 19.1 Å². The minimum atomic E-state index is -0.612. The van der Waals surface area contributed by atoms with Gasteiger partial charge < -0.3 is 9.73 Å². The lowest BCUT2D eigenvalue weighted by Gasteiger charge is -2.02. The Hall–Kier alpha value is -2.60. The zero-order valence-electron chi connectivity index (χ0n) is 11.0. The number of aryl methyl sites for hydroxylation is 1. The molecule has 21 heavy (non-hydrogen) atoms. The number of nitrogens with zero attached hydrogens (tertiary/aromatic N) is 1. The molecule has 1 amide bonds. The molecule has 6 nitrogen and oxygen atoms in total. The van der Waals surface area contributed by atoms with E-state index in [0.29, 0.717) is 5.76 Å². The van der Waals surface area contributed by atoms with Crippen molar-refractivity contribution in [3.63, 3.8) is 0 Å². The van der Waals surface area contributed by atoms with Crippen LogP contribution < -0.4 is 5.32 Å². The first-order chi connectivity index (χ1) is 9.95. The van der Waals surface area contributed by atoms with Gasteiger partial charge in [0.15, 0.2) is 0 Å². The average molecular weight is 307 g/mol. The van der Waals surface area contributed by atoms with Crippen LogP contribution in [-0.2, 0) is 4.79 Å². The SMILES string of the molecule is Cc1ccc(/C=C/C(=O)Nc2ccc(Cl)c([N+](=O)[O-])c2)o1. The van der Waals surface area contributed by atoms with E-state index in [9.17, 15) is 14.9 Å². The zero-order chi connectivity index (χ0) is 15.4. The molecule has 0 aliphatic rings. The third kappa shape index (κ3) is 3.93. The Labute approximate surface area is 125 Å². The molecule has 1 heterocycles. The maximum absolute atomic E-state index is 11.7. The molecule has 108 valence electrons. The number of nitro benzene ring substituents is 1. The van der Waals surface area contributed by atoms with Crippen LogP contribution in [0.2, 0.25) is 5.02 Å². The fourth-order valence-electron chi connectivity index (χ4n) is 1.62. The van der Waals surface area contributed by atoms with E-state index < -0.39 is 10.8 Å². The standard InChI is InChI=1S/C14H11ClN2O4/c1-9-2-4-11(21-9)5-7-14(18)16-10-3-6-12(15)13(8-10)17(19)20/h2-8H,1H3,(H,16,18)/b7-5+. The molecule has 7 heteroatoms. The second-order valence-electron chi connectivity index (χ2n) is 4.19. The highest BCUT2D eigenvalue weighted by atomic mass is 35.5. The molecule has 0 unspecified atom stereocenters. The number of rotatable bonds is 4. The first-order valence-electron chi connectivity index (χ1n) is 5.95. The fourth-order valence-corrected chi connectivity index (χ4v) is 1.80. The minimum Gasteiger partial charge on any atom is -0.462 e. The second-order valence-corrected chi connectivity index (χ2v) is 4.60. The van der Waals surface area contributed by atoms with Crippen molar-refractivity contribution < 1.29 is 14.1 Å². The van der Waals surface area contributed by atoms with Crippen LogP contribution in [0.15, 0.2) is 40.8 Å². The Morgan fingerprint density at radius 2 is 2.14 bits per heavy atom. The van der Waals surface area contributed by atoms with Gasteiger partial charge in [0, 0.05) is 17.8 Å².